The van der Waals surface area contributed by atoms with E-state index in [-0.39, 0.29) is 5.91 Å². The van der Waals surface area contributed by atoms with Gasteiger partial charge in [-0.2, -0.15) is 10.2 Å². The number of rotatable bonds is 4. The van der Waals surface area contributed by atoms with E-state index >= 15 is 0 Å². The predicted octanol–water partition coefficient (Wildman–Crippen LogP) is 3.66. The van der Waals surface area contributed by atoms with Gasteiger partial charge in [0, 0.05) is 11.6 Å². The molecular weight excluding hydrogens is 354 g/mol. The molecule has 4 aromatic rings. The van der Waals surface area contributed by atoms with Crippen LogP contribution in [0.2, 0.25) is 5.02 Å². The quantitative estimate of drug-likeness (QED) is 0.576. The minimum absolute atomic E-state index is 0.320. The second-order valence-corrected chi connectivity index (χ2v) is 5.97. The molecule has 4 rings (SSSR count). The lowest BCUT2D eigenvalue weighted by Crippen LogP contribution is -2.11. The summed E-state index contributed by atoms with van der Waals surface area (Å²) in [5.41, 5.74) is 1.89. The summed E-state index contributed by atoms with van der Waals surface area (Å²) in [6.07, 6.45) is 3.10. The maximum absolute atomic E-state index is 12.6. The van der Waals surface area contributed by atoms with E-state index in [9.17, 15) is 4.79 Å². The molecule has 0 unspecified atom stereocenters. The summed E-state index contributed by atoms with van der Waals surface area (Å²) in [5.74, 6) is 0.787. The van der Waals surface area contributed by atoms with Crippen LogP contribution in [-0.4, -0.2) is 33.0 Å². The molecule has 2 aromatic carbocycles. The number of hydrogen-bond donors (Lipinski definition) is 2. The van der Waals surface area contributed by atoms with E-state index in [4.69, 9.17) is 16.3 Å². The molecule has 7 nitrogen and oxygen atoms in total. The van der Waals surface area contributed by atoms with Crippen LogP contribution < -0.4 is 10.1 Å². The molecule has 0 saturated carbocycles. The molecule has 8 heteroatoms. The highest BCUT2D eigenvalue weighted by atomic mass is 35.5. The molecule has 0 spiro atoms. The van der Waals surface area contributed by atoms with Crippen LogP contribution >= 0.6 is 11.6 Å². The Hall–Kier alpha value is -3.32. The number of para-hydroxylation sites is 1. The number of H-pyrrole nitrogens is 1. The van der Waals surface area contributed by atoms with Crippen molar-refractivity contribution in [2.24, 2.45) is 0 Å². The largest absolute Gasteiger partial charge is 0.497 e. The number of amides is 1. The zero-order valence-corrected chi connectivity index (χ0v) is 14.5. The topological polar surface area (TPSA) is 84.8 Å². The Morgan fingerprint density at radius 3 is 2.92 bits per heavy atom. The number of carbonyl (C=O) groups is 1. The summed E-state index contributed by atoms with van der Waals surface area (Å²) in [6, 6.07) is 12.7. The van der Waals surface area contributed by atoms with Crippen LogP contribution in [-0.2, 0) is 0 Å². The molecule has 26 heavy (non-hydrogen) atoms. The lowest BCUT2D eigenvalue weighted by atomic mass is 10.2. The Labute approximate surface area is 153 Å². The number of benzene rings is 2. The van der Waals surface area contributed by atoms with E-state index < -0.39 is 0 Å². The highest BCUT2D eigenvalue weighted by Gasteiger charge is 2.14. The second-order valence-electron chi connectivity index (χ2n) is 5.56. The number of fused-ring (bicyclic) bond motifs is 1. The minimum Gasteiger partial charge on any atom is -0.497 e. The van der Waals surface area contributed by atoms with Gasteiger partial charge in [-0.3, -0.25) is 9.89 Å². The number of nitrogens with zero attached hydrogens (tertiary/aromatic N) is 3. The van der Waals surface area contributed by atoms with Gasteiger partial charge in [0.1, 0.15) is 5.75 Å². The van der Waals surface area contributed by atoms with E-state index in [2.05, 4.69) is 20.6 Å². The molecule has 2 aromatic heterocycles. The van der Waals surface area contributed by atoms with Gasteiger partial charge in [-0.05, 0) is 30.3 Å². The van der Waals surface area contributed by atoms with E-state index in [0.717, 1.165) is 10.9 Å². The fraction of sp³-hybridized carbons (Fsp3) is 0.0556. The SMILES string of the molecule is COc1ccc2[nH]nc(NC(=O)c3cnn(-c4ccccc4Cl)c3)c2c1. The third-order valence-corrected chi connectivity index (χ3v) is 4.27. The van der Waals surface area contributed by atoms with Crippen molar-refractivity contribution >= 4 is 34.2 Å². The molecule has 0 fully saturated rings. The number of carbonyl (C=O) groups excluding carboxylic acids is 1. The molecule has 0 aliphatic heterocycles. The lowest BCUT2D eigenvalue weighted by Gasteiger charge is -2.03. The Morgan fingerprint density at radius 1 is 1.27 bits per heavy atom. The normalized spacial score (nSPS) is 10.8. The number of nitrogens with one attached hydrogen (secondary N) is 2. The van der Waals surface area contributed by atoms with Crippen molar-refractivity contribution in [1.29, 1.82) is 0 Å². The Bertz CT molecular complexity index is 1100. The minimum atomic E-state index is -0.320. The average molecular weight is 368 g/mol. The first-order chi connectivity index (χ1) is 12.7. The monoisotopic (exact) mass is 367 g/mol. The molecule has 2 heterocycles. The van der Waals surface area contributed by atoms with Crippen molar-refractivity contribution in [1.82, 2.24) is 20.0 Å². The van der Waals surface area contributed by atoms with Gasteiger partial charge in [0.2, 0.25) is 0 Å². The van der Waals surface area contributed by atoms with Gasteiger partial charge in [-0.25, -0.2) is 4.68 Å². The van der Waals surface area contributed by atoms with E-state index in [1.165, 1.54) is 6.20 Å². The highest BCUT2D eigenvalue weighted by molar-refractivity contribution is 6.32. The molecule has 1 amide bonds. The maximum Gasteiger partial charge on any atom is 0.260 e. The lowest BCUT2D eigenvalue weighted by molar-refractivity contribution is 0.102. The number of ether oxygens (including phenoxy) is 1. The number of halogens is 1. The number of hydrogen-bond acceptors (Lipinski definition) is 4. The van der Waals surface area contributed by atoms with E-state index in [1.54, 1.807) is 24.1 Å². The third-order valence-electron chi connectivity index (χ3n) is 3.95. The van der Waals surface area contributed by atoms with Crippen molar-refractivity contribution in [3.8, 4) is 11.4 Å². The summed E-state index contributed by atoms with van der Waals surface area (Å²) in [4.78, 5) is 12.6. The van der Waals surface area contributed by atoms with Crippen molar-refractivity contribution in [2.45, 2.75) is 0 Å². The zero-order chi connectivity index (χ0) is 18.1. The van der Waals surface area contributed by atoms with Crippen molar-refractivity contribution in [3.63, 3.8) is 0 Å². The van der Waals surface area contributed by atoms with Gasteiger partial charge in [0.05, 0.1) is 35.1 Å². The van der Waals surface area contributed by atoms with Gasteiger partial charge < -0.3 is 10.1 Å². The third kappa shape index (κ3) is 2.89. The van der Waals surface area contributed by atoms with Gasteiger partial charge in [0.15, 0.2) is 5.82 Å². The molecule has 0 atom stereocenters. The second kappa shape index (κ2) is 6.53. The predicted molar refractivity (Wildman–Crippen MR) is 99.2 cm³/mol. The smallest absolute Gasteiger partial charge is 0.260 e. The summed E-state index contributed by atoms with van der Waals surface area (Å²) in [5, 5.41) is 15.3. The van der Waals surface area contributed by atoms with Crippen molar-refractivity contribution < 1.29 is 9.53 Å². The molecular formula is C18H14ClN5O2. The molecule has 130 valence electrons. The summed E-state index contributed by atoms with van der Waals surface area (Å²) >= 11 is 6.17. The fourth-order valence-electron chi connectivity index (χ4n) is 2.60. The van der Waals surface area contributed by atoms with Crippen molar-refractivity contribution in [2.75, 3.05) is 12.4 Å². The van der Waals surface area contributed by atoms with Gasteiger partial charge >= 0.3 is 0 Å². The Kier molecular flexibility index (Phi) is 4.06. The first kappa shape index (κ1) is 16.2. The highest BCUT2D eigenvalue weighted by Crippen LogP contribution is 2.25. The average Bonchev–Trinajstić information content (AvgIpc) is 3.29. The molecule has 0 saturated heterocycles. The van der Waals surface area contributed by atoms with Crippen LogP contribution in [0.4, 0.5) is 5.82 Å². The first-order valence-corrected chi connectivity index (χ1v) is 8.16. The fourth-order valence-corrected chi connectivity index (χ4v) is 2.83. The summed E-state index contributed by atoms with van der Waals surface area (Å²) in [7, 11) is 1.59. The maximum atomic E-state index is 12.6. The standard InChI is InChI=1S/C18H14ClN5O2/c1-26-12-6-7-15-13(8-12)17(23-22-15)21-18(25)11-9-20-24(10-11)16-5-3-2-4-14(16)19/h2-10H,1H3,(H2,21,22,23,25). The van der Waals surface area contributed by atoms with Gasteiger partial charge in [-0.1, -0.05) is 23.7 Å². The van der Waals surface area contributed by atoms with E-state index in [0.29, 0.717) is 27.8 Å². The summed E-state index contributed by atoms with van der Waals surface area (Å²) in [6.45, 7) is 0. The van der Waals surface area contributed by atoms with Crippen LogP contribution in [0.15, 0.2) is 54.9 Å². The van der Waals surface area contributed by atoms with Crippen LogP contribution in [0.3, 0.4) is 0 Å². The van der Waals surface area contributed by atoms with Gasteiger partial charge in [-0.15, -0.1) is 0 Å². The van der Waals surface area contributed by atoms with Crippen LogP contribution in [0.1, 0.15) is 10.4 Å². The van der Waals surface area contributed by atoms with Gasteiger partial charge in [0.25, 0.3) is 5.91 Å². The molecule has 0 aliphatic carbocycles. The Balaban J connectivity index is 1.61. The molecule has 2 N–H and O–H groups in total. The molecule has 0 aliphatic rings. The number of methoxy groups -OCH3 is 1. The number of aromatic amines is 1. The molecule has 0 bridgehead atoms. The van der Waals surface area contributed by atoms with Crippen LogP contribution in [0.5, 0.6) is 5.75 Å². The zero-order valence-electron chi connectivity index (χ0n) is 13.7. The Morgan fingerprint density at radius 2 is 2.12 bits per heavy atom. The summed E-state index contributed by atoms with van der Waals surface area (Å²) < 4.78 is 6.78. The van der Waals surface area contributed by atoms with Crippen molar-refractivity contribution in [3.05, 3.63) is 65.4 Å². The van der Waals surface area contributed by atoms with Crippen LogP contribution in [0.25, 0.3) is 16.6 Å². The molecule has 0 radical (unpaired) electrons. The number of anilines is 1. The first-order valence-electron chi connectivity index (χ1n) is 7.79. The number of aromatic nitrogens is 4. The van der Waals surface area contributed by atoms with Crippen LogP contribution in [0, 0.1) is 0 Å². The van der Waals surface area contributed by atoms with E-state index in [1.807, 2.05) is 36.4 Å².